The van der Waals surface area contributed by atoms with Gasteiger partial charge in [-0.2, -0.15) is 0 Å². The van der Waals surface area contributed by atoms with E-state index in [-0.39, 0.29) is 11.1 Å². The number of H-pyrrole nitrogens is 1. The zero-order valence-electron chi connectivity index (χ0n) is 20.9. The number of pyridine rings is 1. The molecule has 0 aliphatic heterocycles. The van der Waals surface area contributed by atoms with Crippen molar-refractivity contribution in [1.82, 2.24) is 30.1 Å². The van der Waals surface area contributed by atoms with E-state index in [9.17, 15) is 4.79 Å². The molecule has 4 aromatic rings. The molecule has 8 nitrogen and oxygen atoms in total. The summed E-state index contributed by atoms with van der Waals surface area (Å²) in [4.78, 5) is 18.8. The van der Waals surface area contributed by atoms with Gasteiger partial charge in [0.05, 0.1) is 29.9 Å². The quantitative estimate of drug-likeness (QED) is 0.376. The molecule has 0 unspecified atom stereocenters. The smallest absolute Gasteiger partial charge is 0.252 e. The van der Waals surface area contributed by atoms with Crippen molar-refractivity contribution in [2.24, 2.45) is 0 Å². The Morgan fingerprint density at radius 3 is 2.69 bits per heavy atom. The minimum absolute atomic E-state index is 0.0405. The Morgan fingerprint density at radius 1 is 1.08 bits per heavy atom. The highest BCUT2D eigenvalue weighted by Gasteiger charge is 2.46. The highest BCUT2D eigenvalue weighted by molar-refractivity contribution is 5.81. The number of rotatable bonds is 7. The number of aromatic nitrogens is 5. The van der Waals surface area contributed by atoms with Gasteiger partial charge in [0.2, 0.25) is 0 Å². The van der Waals surface area contributed by atoms with Crippen LogP contribution in [0.1, 0.15) is 86.5 Å². The van der Waals surface area contributed by atoms with Crippen LogP contribution in [0.4, 0.5) is 0 Å². The molecule has 0 radical (unpaired) electrons. The Morgan fingerprint density at radius 2 is 1.92 bits per heavy atom. The van der Waals surface area contributed by atoms with Crippen LogP contribution in [0.25, 0.3) is 10.9 Å². The Balaban J connectivity index is 1.43. The van der Waals surface area contributed by atoms with Crippen molar-refractivity contribution in [3.05, 3.63) is 75.7 Å². The fraction of sp³-hybridized carbons (Fsp3) is 0.500. The van der Waals surface area contributed by atoms with Gasteiger partial charge in [-0.05, 0) is 72.2 Å². The number of furan rings is 1. The molecule has 2 saturated carbocycles. The number of nitrogens with one attached hydrogen (secondary N) is 1. The molecule has 6 rings (SSSR count). The average Bonchev–Trinajstić information content (AvgIpc) is 3.67. The summed E-state index contributed by atoms with van der Waals surface area (Å²) in [5.41, 5.74) is 2.34. The first-order chi connectivity index (χ1) is 17.6. The third-order valence-corrected chi connectivity index (χ3v) is 8.32. The predicted molar refractivity (Wildman–Crippen MR) is 137 cm³/mol. The fourth-order valence-corrected chi connectivity index (χ4v) is 6.41. The second-order valence-corrected chi connectivity index (χ2v) is 10.6. The van der Waals surface area contributed by atoms with Gasteiger partial charge in [-0.25, -0.2) is 4.68 Å². The molecule has 0 spiro atoms. The van der Waals surface area contributed by atoms with Gasteiger partial charge in [-0.15, -0.1) is 5.10 Å². The van der Waals surface area contributed by atoms with Crippen LogP contribution in [0.5, 0.6) is 0 Å². The first-order valence-corrected chi connectivity index (χ1v) is 13.3. The van der Waals surface area contributed by atoms with Gasteiger partial charge in [0.1, 0.15) is 5.76 Å². The number of para-hydroxylation sites is 1. The molecule has 2 aliphatic carbocycles. The van der Waals surface area contributed by atoms with Crippen molar-refractivity contribution in [3.63, 3.8) is 0 Å². The molecule has 3 heterocycles. The summed E-state index contributed by atoms with van der Waals surface area (Å²) in [6.45, 7) is 3.12. The number of aromatic amines is 1. The molecule has 8 heteroatoms. The summed E-state index contributed by atoms with van der Waals surface area (Å²) in [5.74, 6) is 1.83. The van der Waals surface area contributed by atoms with Crippen molar-refractivity contribution in [2.45, 2.75) is 89.4 Å². The lowest BCUT2D eigenvalue weighted by Crippen LogP contribution is -2.46. The number of fused-ring (bicyclic) bond motifs is 1. The van der Waals surface area contributed by atoms with Crippen LogP contribution in [-0.2, 0) is 18.6 Å². The van der Waals surface area contributed by atoms with Gasteiger partial charge in [-0.3, -0.25) is 9.69 Å². The van der Waals surface area contributed by atoms with Crippen LogP contribution in [0.2, 0.25) is 0 Å². The van der Waals surface area contributed by atoms with Gasteiger partial charge in [0.15, 0.2) is 5.82 Å². The number of nitrogens with zero attached hydrogens (tertiary/aromatic N) is 5. The third kappa shape index (κ3) is 4.17. The predicted octanol–water partition coefficient (Wildman–Crippen LogP) is 5.39. The zero-order valence-corrected chi connectivity index (χ0v) is 20.9. The van der Waals surface area contributed by atoms with Crippen LogP contribution in [0.15, 0.2) is 51.9 Å². The van der Waals surface area contributed by atoms with Crippen LogP contribution in [-0.4, -0.2) is 30.1 Å². The van der Waals surface area contributed by atoms with Crippen LogP contribution in [0, 0.1) is 6.92 Å². The molecular weight excluding hydrogens is 452 g/mol. The molecular formula is C28H34N6O2. The Bertz CT molecular complexity index is 1380. The topological polar surface area (TPSA) is 92.8 Å². The molecule has 2 fully saturated rings. The largest absolute Gasteiger partial charge is 0.468 e. The minimum atomic E-state index is -0.345. The molecule has 0 saturated heterocycles. The maximum Gasteiger partial charge on any atom is 0.252 e. The number of benzene rings is 1. The first-order valence-electron chi connectivity index (χ1n) is 13.3. The number of aryl methyl sites for hydroxylation is 1. The molecule has 1 N–H and O–H groups in total. The van der Waals surface area contributed by atoms with E-state index in [4.69, 9.17) is 4.42 Å². The number of hydrogen-bond acceptors (Lipinski definition) is 6. The van der Waals surface area contributed by atoms with E-state index in [0.717, 1.165) is 72.1 Å². The molecule has 188 valence electrons. The second kappa shape index (κ2) is 9.65. The Hall–Kier alpha value is -3.26. The molecule has 0 atom stereocenters. The normalized spacial score (nSPS) is 18.4. The summed E-state index contributed by atoms with van der Waals surface area (Å²) in [6, 6.07) is 12.5. The average molecular weight is 487 g/mol. The van der Waals surface area contributed by atoms with Gasteiger partial charge < -0.3 is 9.40 Å². The standard InChI is InChI=1S/C28H34N6O2/c1-20-9-7-10-21-17-22(26(35)29-25(20)21)18-33(19-24-13-8-16-36-24)28(14-5-6-15-28)27-30-31-32-34(27)23-11-3-2-4-12-23/h7-10,13,16-17,23H,2-6,11-12,14-15,18-19H2,1H3,(H,29,35). The number of hydrogen-bond donors (Lipinski definition) is 1. The lowest BCUT2D eigenvalue weighted by atomic mass is 9.90. The van der Waals surface area contributed by atoms with E-state index < -0.39 is 0 Å². The summed E-state index contributed by atoms with van der Waals surface area (Å²) in [5, 5.41) is 14.4. The summed E-state index contributed by atoms with van der Waals surface area (Å²) in [7, 11) is 0. The summed E-state index contributed by atoms with van der Waals surface area (Å²) in [6.07, 6.45) is 11.8. The van der Waals surface area contributed by atoms with Crippen molar-refractivity contribution in [3.8, 4) is 0 Å². The third-order valence-electron chi connectivity index (χ3n) is 8.32. The zero-order chi connectivity index (χ0) is 24.5. The molecule has 36 heavy (non-hydrogen) atoms. The van der Waals surface area contributed by atoms with Gasteiger partial charge in [0, 0.05) is 12.1 Å². The van der Waals surface area contributed by atoms with E-state index in [0.29, 0.717) is 19.1 Å². The van der Waals surface area contributed by atoms with Crippen LogP contribution >= 0.6 is 0 Å². The lowest BCUT2D eigenvalue weighted by Gasteiger charge is -2.40. The van der Waals surface area contributed by atoms with E-state index in [1.165, 1.54) is 19.3 Å². The van der Waals surface area contributed by atoms with Crippen molar-refractivity contribution in [1.29, 1.82) is 0 Å². The minimum Gasteiger partial charge on any atom is -0.468 e. The van der Waals surface area contributed by atoms with E-state index in [1.54, 1.807) is 6.26 Å². The Kier molecular flexibility index (Phi) is 6.21. The second-order valence-electron chi connectivity index (χ2n) is 10.6. The van der Waals surface area contributed by atoms with Gasteiger partial charge >= 0.3 is 0 Å². The maximum atomic E-state index is 13.3. The molecule has 0 bridgehead atoms. The SMILES string of the molecule is Cc1cccc2cc(CN(Cc3ccco3)C3(c4nnnn4C4CCCCC4)CCCC3)c(=O)[nH]c12. The highest BCUT2D eigenvalue weighted by atomic mass is 16.3. The molecule has 1 aromatic carbocycles. The van der Waals surface area contributed by atoms with Crippen LogP contribution < -0.4 is 5.56 Å². The van der Waals surface area contributed by atoms with Crippen molar-refractivity contribution < 1.29 is 4.42 Å². The maximum absolute atomic E-state index is 13.3. The summed E-state index contributed by atoms with van der Waals surface area (Å²) >= 11 is 0. The highest BCUT2D eigenvalue weighted by Crippen LogP contribution is 2.45. The first kappa shape index (κ1) is 23.2. The van der Waals surface area contributed by atoms with Crippen molar-refractivity contribution >= 4 is 10.9 Å². The van der Waals surface area contributed by atoms with E-state index in [1.807, 2.05) is 37.3 Å². The monoisotopic (exact) mass is 486 g/mol. The summed E-state index contributed by atoms with van der Waals surface area (Å²) < 4.78 is 7.92. The van der Waals surface area contributed by atoms with Gasteiger partial charge in [-0.1, -0.05) is 50.3 Å². The number of tetrazole rings is 1. The van der Waals surface area contributed by atoms with Crippen molar-refractivity contribution in [2.75, 3.05) is 0 Å². The van der Waals surface area contributed by atoms with Gasteiger partial charge in [0.25, 0.3) is 5.56 Å². The van der Waals surface area contributed by atoms with E-state index >= 15 is 0 Å². The molecule has 0 amide bonds. The molecule has 3 aromatic heterocycles. The lowest BCUT2D eigenvalue weighted by molar-refractivity contribution is 0.0497. The fourth-order valence-electron chi connectivity index (χ4n) is 6.41. The molecule has 2 aliphatic rings. The Labute approximate surface area is 210 Å². The van der Waals surface area contributed by atoms with E-state index in [2.05, 4.69) is 36.2 Å². The van der Waals surface area contributed by atoms with Crippen LogP contribution in [0.3, 0.4) is 0 Å².